The first-order valence-electron chi connectivity index (χ1n) is 11.3. The van der Waals surface area contributed by atoms with Gasteiger partial charge in [-0.1, -0.05) is 53.2 Å². The number of amides is 1. The lowest BCUT2D eigenvalue weighted by molar-refractivity contribution is -0.119. The Morgan fingerprint density at radius 1 is 1.35 bits per heavy atom. The molecule has 0 spiro atoms. The van der Waals surface area contributed by atoms with Gasteiger partial charge in [-0.3, -0.25) is 9.69 Å². The predicted molar refractivity (Wildman–Crippen MR) is 141 cm³/mol. The number of aromatic nitrogens is 1. The number of nitrogens with two attached hydrogens (primary N) is 1. The van der Waals surface area contributed by atoms with Crippen LogP contribution >= 0.6 is 46.3 Å². The molecule has 34 heavy (non-hydrogen) atoms. The molecule has 2 atom stereocenters. The number of anilines is 1. The molecule has 2 heterocycles. The molecule has 180 valence electrons. The van der Waals surface area contributed by atoms with Gasteiger partial charge in [0, 0.05) is 48.7 Å². The van der Waals surface area contributed by atoms with Crippen molar-refractivity contribution in [1.29, 1.82) is 0 Å². The van der Waals surface area contributed by atoms with Gasteiger partial charge in [0.2, 0.25) is 5.91 Å². The molecule has 2 aliphatic carbocycles. The molecule has 1 aromatic carbocycles. The first-order chi connectivity index (χ1) is 16.4. The van der Waals surface area contributed by atoms with Crippen LogP contribution in [0, 0.1) is 5.92 Å². The van der Waals surface area contributed by atoms with Crippen LogP contribution in [0.1, 0.15) is 16.9 Å². The summed E-state index contributed by atoms with van der Waals surface area (Å²) in [6.45, 7) is 3.73. The van der Waals surface area contributed by atoms with E-state index in [2.05, 4.69) is 16.3 Å². The summed E-state index contributed by atoms with van der Waals surface area (Å²) < 4.78 is 6.79. The number of thioether (sulfide) groups is 1. The van der Waals surface area contributed by atoms with Crippen LogP contribution in [0.15, 0.2) is 44.8 Å². The van der Waals surface area contributed by atoms with Crippen LogP contribution in [0.2, 0.25) is 0 Å². The van der Waals surface area contributed by atoms with Crippen molar-refractivity contribution in [3.05, 3.63) is 50.9 Å². The second kappa shape index (κ2) is 10.6. The van der Waals surface area contributed by atoms with Gasteiger partial charge in [0.25, 0.3) is 0 Å². The average Bonchev–Trinajstić information content (AvgIpc) is 3.37. The minimum Gasteiger partial charge on any atom is -0.399 e. The Labute approximate surface area is 217 Å². The first kappa shape index (κ1) is 24.2. The zero-order chi connectivity index (χ0) is 23.7. The maximum Gasteiger partial charge on any atom is 0.230 e. The van der Waals surface area contributed by atoms with Crippen LogP contribution in [0.4, 0.5) is 5.69 Å². The van der Waals surface area contributed by atoms with Crippen LogP contribution in [0.3, 0.4) is 0 Å². The third-order valence-electron chi connectivity index (χ3n) is 6.20. The molecule has 1 aliphatic heterocycles. The summed E-state index contributed by atoms with van der Waals surface area (Å²) >= 11 is 15.4. The Balaban J connectivity index is 1.06. The monoisotopic (exact) mass is 536 g/mol. The van der Waals surface area contributed by atoms with Crippen LogP contribution in [0.25, 0.3) is 11.3 Å². The summed E-state index contributed by atoms with van der Waals surface area (Å²) in [4.78, 5) is 20.8. The molecule has 0 bridgehead atoms. The largest absolute Gasteiger partial charge is 0.399 e. The number of hydrogen-bond acceptors (Lipinski definition) is 7. The third-order valence-corrected chi connectivity index (χ3v) is 9.18. The molecular weight excluding hydrogens is 511 g/mol. The van der Waals surface area contributed by atoms with Gasteiger partial charge in [0.05, 0.1) is 34.2 Å². The van der Waals surface area contributed by atoms with Crippen molar-refractivity contribution in [3.8, 4) is 11.3 Å². The number of nitrogens with zero attached hydrogens (tertiary/aromatic N) is 2. The van der Waals surface area contributed by atoms with E-state index in [1.54, 1.807) is 11.3 Å². The highest BCUT2D eigenvalue weighted by atomic mass is 35.5. The molecule has 10 heteroatoms. The number of nitrogen functional groups attached to an aromatic ring is 1. The van der Waals surface area contributed by atoms with Crippen molar-refractivity contribution in [2.45, 2.75) is 23.3 Å². The van der Waals surface area contributed by atoms with Crippen molar-refractivity contribution in [2.75, 3.05) is 44.3 Å². The van der Waals surface area contributed by atoms with Crippen LogP contribution in [0.5, 0.6) is 0 Å². The number of rotatable bonds is 7. The first-order valence-corrected chi connectivity index (χ1v) is 13.9. The SMILES string of the molecule is Nc1ccc2c(c1)-c1nc(SCC(=O)NC[C@H]3CN(CC4C=C(Cl)C(Cl)=CC4)CCO3)sc1C2. The highest BCUT2D eigenvalue weighted by molar-refractivity contribution is 8.01. The van der Waals surface area contributed by atoms with E-state index in [4.69, 9.17) is 38.7 Å². The van der Waals surface area contributed by atoms with Gasteiger partial charge < -0.3 is 15.8 Å². The number of fused-ring (bicyclic) bond motifs is 3. The lowest BCUT2D eigenvalue weighted by atomic mass is 9.99. The molecule has 1 amide bonds. The van der Waals surface area contributed by atoms with Gasteiger partial charge in [-0.25, -0.2) is 4.98 Å². The highest BCUT2D eigenvalue weighted by Gasteiger charge is 2.25. The Morgan fingerprint density at radius 2 is 2.24 bits per heavy atom. The molecule has 1 saturated heterocycles. The van der Waals surface area contributed by atoms with Crippen LogP contribution in [-0.4, -0.2) is 60.4 Å². The molecular formula is C24H26Cl2N4O2S2. The molecule has 5 rings (SSSR count). The van der Waals surface area contributed by atoms with Crippen molar-refractivity contribution in [2.24, 2.45) is 5.92 Å². The summed E-state index contributed by atoms with van der Waals surface area (Å²) in [5, 5.41) is 4.29. The molecule has 1 fully saturated rings. The van der Waals surface area contributed by atoms with E-state index in [1.165, 1.54) is 22.2 Å². The number of carbonyl (C=O) groups excluding carboxylic acids is 1. The van der Waals surface area contributed by atoms with Gasteiger partial charge in [0.1, 0.15) is 0 Å². The number of thiazole rings is 1. The number of carbonyl (C=O) groups is 1. The van der Waals surface area contributed by atoms with Crippen molar-refractivity contribution >= 4 is 57.9 Å². The number of halogens is 2. The number of ether oxygens (including phenoxy) is 1. The van der Waals surface area contributed by atoms with Gasteiger partial charge in [-0.2, -0.15) is 0 Å². The van der Waals surface area contributed by atoms with Crippen molar-refractivity contribution < 1.29 is 9.53 Å². The van der Waals surface area contributed by atoms with E-state index in [9.17, 15) is 4.79 Å². The maximum absolute atomic E-state index is 12.5. The Morgan fingerprint density at radius 3 is 3.09 bits per heavy atom. The number of benzene rings is 1. The van der Waals surface area contributed by atoms with E-state index in [-0.39, 0.29) is 12.0 Å². The smallest absolute Gasteiger partial charge is 0.230 e. The summed E-state index contributed by atoms with van der Waals surface area (Å²) in [5.41, 5.74) is 10.1. The quantitative estimate of drug-likeness (QED) is 0.342. The van der Waals surface area contributed by atoms with Crippen LogP contribution < -0.4 is 11.1 Å². The van der Waals surface area contributed by atoms with Gasteiger partial charge in [0.15, 0.2) is 4.34 Å². The standard InChI is InChI=1S/C24H26Cl2N4O2S2/c25-19-4-1-14(7-20(19)26)11-30-5-6-32-17(12-30)10-28-22(31)13-33-24-29-23-18-9-16(27)3-2-15(18)8-21(23)34-24/h2-4,7,9,14,17H,1,5-6,8,10-13,27H2,(H,28,31)/t14?,17-/m0/s1. The number of morpholine rings is 1. The molecule has 1 aromatic heterocycles. The lowest BCUT2D eigenvalue weighted by Gasteiger charge is -2.35. The van der Waals surface area contributed by atoms with E-state index in [0.29, 0.717) is 34.9 Å². The second-order valence-corrected chi connectivity index (χ2v) is 11.9. The Kier molecular flexibility index (Phi) is 7.53. The topological polar surface area (TPSA) is 80.5 Å². The fourth-order valence-corrected chi connectivity index (χ4v) is 6.97. The second-order valence-electron chi connectivity index (χ2n) is 8.75. The fraction of sp³-hybridized carbons (Fsp3) is 0.417. The predicted octanol–water partition coefficient (Wildman–Crippen LogP) is 4.47. The summed E-state index contributed by atoms with van der Waals surface area (Å²) in [7, 11) is 0. The minimum atomic E-state index is -0.0181. The van der Waals surface area contributed by atoms with Crippen LogP contribution in [-0.2, 0) is 16.0 Å². The zero-order valence-corrected chi connectivity index (χ0v) is 21.7. The van der Waals surface area contributed by atoms with E-state index in [1.807, 2.05) is 24.3 Å². The molecule has 3 N–H and O–H groups in total. The minimum absolute atomic E-state index is 0.00694. The van der Waals surface area contributed by atoms with E-state index >= 15 is 0 Å². The summed E-state index contributed by atoms with van der Waals surface area (Å²) in [6, 6.07) is 5.99. The molecule has 6 nitrogen and oxygen atoms in total. The maximum atomic E-state index is 12.5. The molecule has 3 aliphatic rings. The van der Waals surface area contributed by atoms with Gasteiger partial charge in [-0.15, -0.1) is 11.3 Å². The number of nitrogens with one attached hydrogen (secondary N) is 1. The lowest BCUT2D eigenvalue weighted by Crippen LogP contribution is -2.48. The van der Waals surface area contributed by atoms with Gasteiger partial charge >= 0.3 is 0 Å². The number of allylic oxidation sites excluding steroid dienone is 3. The van der Waals surface area contributed by atoms with Gasteiger partial charge in [-0.05, 0) is 30.0 Å². The van der Waals surface area contributed by atoms with Crippen molar-refractivity contribution in [3.63, 3.8) is 0 Å². The number of hydrogen-bond donors (Lipinski definition) is 2. The van der Waals surface area contributed by atoms with E-state index < -0.39 is 0 Å². The van der Waals surface area contributed by atoms with Crippen molar-refractivity contribution in [1.82, 2.24) is 15.2 Å². The highest BCUT2D eigenvalue weighted by Crippen LogP contribution is 2.42. The molecule has 0 radical (unpaired) electrons. The molecule has 1 unspecified atom stereocenters. The average molecular weight is 538 g/mol. The van der Waals surface area contributed by atoms with E-state index in [0.717, 1.165) is 53.8 Å². The fourth-order valence-electron chi connectivity index (χ4n) is 4.51. The third kappa shape index (κ3) is 5.64. The zero-order valence-electron chi connectivity index (χ0n) is 18.6. The molecule has 2 aromatic rings. The Hall–Kier alpha value is -1.55. The summed E-state index contributed by atoms with van der Waals surface area (Å²) in [6.07, 6.45) is 5.78. The molecule has 0 saturated carbocycles. The Bertz CT molecular complexity index is 1150. The summed E-state index contributed by atoms with van der Waals surface area (Å²) in [5.74, 6) is 0.681. The normalized spacial score (nSPS) is 22.1.